The number of imidazole rings is 1. The summed E-state index contributed by atoms with van der Waals surface area (Å²) < 4.78 is 6.97. The van der Waals surface area contributed by atoms with Crippen LogP contribution in [-0.2, 0) is 11.3 Å². The molecule has 3 rings (SSSR count). The number of thioether (sulfide) groups is 1. The number of ether oxygens (including phenoxy) is 1. The van der Waals surface area contributed by atoms with Crippen LogP contribution in [0.1, 0.15) is 32.8 Å². The number of carbonyl (C=O) groups excluding carboxylic acids is 2. The van der Waals surface area contributed by atoms with Crippen molar-refractivity contribution in [1.29, 1.82) is 0 Å². The van der Waals surface area contributed by atoms with Gasteiger partial charge in [-0.2, -0.15) is 0 Å². The number of aromatic amines is 1. The molecule has 2 amide bonds. The zero-order valence-electron chi connectivity index (χ0n) is 18.2. The van der Waals surface area contributed by atoms with Gasteiger partial charge in [-0.3, -0.25) is 19.9 Å². The number of amidine groups is 1. The van der Waals surface area contributed by atoms with Gasteiger partial charge in [0.15, 0.2) is 0 Å². The molecule has 0 atom stereocenters. The topological polar surface area (TPSA) is 123 Å². The molecule has 0 unspecified atom stereocenters. The molecule has 4 N–H and O–H groups in total. The van der Waals surface area contributed by atoms with Gasteiger partial charge in [0.05, 0.1) is 13.2 Å². The van der Waals surface area contributed by atoms with Crippen molar-refractivity contribution in [3.63, 3.8) is 0 Å². The summed E-state index contributed by atoms with van der Waals surface area (Å²) >= 11 is 1.22. The average Bonchev–Trinajstić information content (AvgIpc) is 3.24. The van der Waals surface area contributed by atoms with Crippen molar-refractivity contribution in [2.45, 2.75) is 13.0 Å². The molecule has 10 heteroatoms. The van der Waals surface area contributed by atoms with Crippen molar-refractivity contribution < 1.29 is 23.9 Å². The van der Waals surface area contributed by atoms with E-state index in [1.54, 1.807) is 30.5 Å². The van der Waals surface area contributed by atoms with Gasteiger partial charge in [0.1, 0.15) is 6.61 Å². The Labute approximate surface area is 196 Å². The maximum absolute atomic E-state index is 12.5. The third kappa shape index (κ3) is 7.19. The van der Waals surface area contributed by atoms with Gasteiger partial charge < -0.3 is 15.3 Å². The van der Waals surface area contributed by atoms with Gasteiger partial charge in [-0.15, -0.1) is 0 Å². The van der Waals surface area contributed by atoms with E-state index < -0.39 is 5.91 Å². The average molecular weight is 469 g/mol. The van der Waals surface area contributed by atoms with Crippen LogP contribution in [0.2, 0.25) is 0 Å². The highest BCUT2D eigenvalue weighted by Crippen LogP contribution is 2.14. The lowest BCUT2D eigenvalue weighted by Gasteiger charge is -2.06. The van der Waals surface area contributed by atoms with E-state index in [4.69, 9.17) is 15.3 Å². The fourth-order valence-electron chi connectivity index (χ4n) is 2.81. The largest absolute Gasteiger partial charge is 0.377 e. The fraction of sp³-hybridized carbons (Fsp3) is 0.217. The predicted octanol–water partition coefficient (Wildman–Crippen LogP) is 2.22. The molecule has 9 nitrogen and oxygen atoms in total. The Morgan fingerprint density at radius 2 is 1.79 bits per heavy atom. The van der Waals surface area contributed by atoms with Gasteiger partial charge in [0.25, 0.3) is 11.8 Å². The van der Waals surface area contributed by atoms with Gasteiger partial charge in [-0.05, 0) is 24.0 Å². The quantitative estimate of drug-likeness (QED) is 0.182. The normalized spacial score (nSPS) is 11.2. The lowest BCUT2D eigenvalue weighted by molar-refractivity contribution is -0.880. The molecule has 172 valence electrons. The molecule has 1 aromatic heterocycles. The molecule has 0 aliphatic heterocycles. The first kappa shape index (κ1) is 24.0. The fourth-order valence-corrected chi connectivity index (χ4v) is 3.18. The van der Waals surface area contributed by atoms with E-state index in [0.717, 1.165) is 5.56 Å². The molecule has 0 saturated heterocycles. The van der Waals surface area contributed by atoms with Crippen LogP contribution >= 0.6 is 11.8 Å². The van der Waals surface area contributed by atoms with Crippen molar-refractivity contribution in [3.05, 3.63) is 83.8 Å². The summed E-state index contributed by atoms with van der Waals surface area (Å²) in [5, 5.41) is 3.02. The number of aliphatic imine (C=N–C) groups is 1. The number of rotatable bonds is 10. The summed E-state index contributed by atoms with van der Waals surface area (Å²) in [5.41, 5.74) is 7.12. The van der Waals surface area contributed by atoms with Crippen LogP contribution in [0.4, 0.5) is 5.82 Å². The minimum Gasteiger partial charge on any atom is -0.377 e. The third-order valence-electron chi connectivity index (χ3n) is 4.44. The number of benzene rings is 2. The summed E-state index contributed by atoms with van der Waals surface area (Å²) in [6.07, 6.45) is 3.83. The first-order chi connectivity index (χ1) is 16.1. The van der Waals surface area contributed by atoms with E-state index in [1.807, 2.05) is 36.4 Å². The Balaban J connectivity index is 1.61. The van der Waals surface area contributed by atoms with Crippen LogP contribution in [0.5, 0.6) is 0 Å². The zero-order valence-corrected chi connectivity index (χ0v) is 19.0. The SMILES string of the molecule is CSC(=Nc1c(C(N)=O)[nH]c[n+]1OCCCOCc1ccccc1)NC(=O)c1ccccc1. The Morgan fingerprint density at radius 3 is 2.45 bits per heavy atom. The lowest BCUT2D eigenvalue weighted by atomic mass is 10.2. The molecule has 1 heterocycles. The van der Waals surface area contributed by atoms with Crippen molar-refractivity contribution in [1.82, 2.24) is 10.3 Å². The van der Waals surface area contributed by atoms with Crippen LogP contribution < -0.4 is 20.6 Å². The summed E-state index contributed by atoms with van der Waals surface area (Å²) in [6, 6.07) is 18.7. The molecular formula is C23H26N5O4S+. The van der Waals surface area contributed by atoms with Crippen molar-refractivity contribution >= 4 is 34.6 Å². The predicted molar refractivity (Wildman–Crippen MR) is 126 cm³/mol. The standard InChI is InChI=1S/C23H25N5O4S/c1-33-23(27-22(30)18-11-6-3-7-12-18)26-21-19(20(24)29)25-16-28(21)32-14-8-13-31-15-17-9-4-2-5-10-17/h2-7,9-12,16H,8,13-15H2,1H3,(H3,24,26,27,29,30)/p+1. The van der Waals surface area contributed by atoms with E-state index in [9.17, 15) is 9.59 Å². The number of carbonyl (C=O) groups is 2. The molecular weight excluding hydrogens is 442 g/mol. The Kier molecular flexibility index (Phi) is 9.04. The molecule has 0 saturated carbocycles. The number of primary amides is 1. The van der Waals surface area contributed by atoms with Crippen molar-refractivity contribution in [2.24, 2.45) is 10.7 Å². The van der Waals surface area contributed by atoms with E-state index in [0.29, 0.717) is 31.8 Å². The number of H-pyrrole nitrogens is 1. The Hall–Kier alpha value is -3.63. The van der Waals surface area contributed by atoms with Crippen LogP contribution in [0.15, 0.2) is 72.0 Å². The summed E-state index contributed by atoms with van der Waals surface area (Å²) in [6.45, 7) is 1.35. The van der Waals surface area contributed by atoms with Crippen LogP contribution in [-0.4, -0.2) is 41.4 Å². The second kappa shape index (κ2) is 12.4. The van der Waals surface area contributed by atoms with Gasteiger partial charge in [-0.25, -0.2) is 0 Å². The maximum Gasteiger partial charge on any atom is 0.347 e. The van der Waals surface area contributed by atoms with Gasteiger partial charge in [-0.1, -0.05) is 70.0 Å². The number of amides is 2. The molecule has 0 radical (unpaired) electrons. The first-order valence-corrected chi connectivity index (χ1v) is 11.5. The summed E-state index contributed by atoms with van der Waals surface area (Å²) in [5.74, 6) is -0.856. The van der Waals surface area contributed by atoms with E-state index in [2.05, 4.69) is 15.3 Å². The lowest BCUT2D eigenvalue weighted by Crippen LogP contribution is -2.42. The molecule has 2 aromatic carbocycles. The second-order valence-electron chi connectivity index (χ2n) is 6.83. The van der Waals surface area contributed by atoms with Gasteiger partial charge in [0, 0.05) is 12.0 Å². The Bertz CT molecular complexity index is 1090. The highest BCUT2D eigenvalue weighted by molar-refractivity contribution is 8.13. The monoisotopic (exact) mass is 468 g/mol. The number of hydrogen-bond donors (Lipinski definition) is 3. The molecule has 33 heavy (non-hydrogen) atoms. The smallest absolute Gasteiger partial charge is 0.347 e. The highest BCUT2D eigenvalue weighted by atomic mass is 32.2. The van der Waals surface area contributed by atoms with Crippen LogP contribution in [0.3, 0.4) is 0 Å². The molecule has 3 aromatic rings. The number of nitrogens with two attached hydrogens (primary N) is 1. The van der Waals surface area contributed by atoms with Crippen LogP contribution in [0.25, 0.3) is 0 Å². The summed E-state index contributed by atoms with van der Waals surface area (Å²) in [7, 11) is 0. The summed E-state index contributed by atoms with van der Waals surface area (Å²) in [4.78, 5) is 37.2. The molecule has 0 aliphatic rings. The van der Waals surface area contributed by atoms with Gasteiger partial charge in [0.2, 0.25) is 17.2 Å². The number of hydrogen-bond acceptors (Lipinski definition) is 6. The van der Waals surface area contributed by atoms with Gasteiger partial charge >= 0.3 is 5.82 Å². The number of nitrogens with zero attached hydrogens (tertiary/aromatic N) is 2. The third-order valence-corrected chi connectivity index (χ3v) is 5.02. The van der Waals surface area contributed by atoms with E-state index in [-0.39, 0.29) is 22.6 Å². The number of nitrogens with one attached hydrogen (secondary N) is 2. The molecule has 0 bridgehead atoms. The number of aromatic nitrogens is 2. The second-order valence-corrected chi connectivity index (χ2v) is 7.62. The minimum absolute atomic E-state index is 0.0656. The first-order valence-electron chi connectivity index (χ1n) is 10.3. The van der Waals surface area contributed by atoms with E-state index in [1.165, 1.54) is 22.8 Å². The Morgan fingerprint density at radius 1 is 1.09 bits per heavy atom. The van der Waals surface area contributed by atoms with Crippen LogP contribution in [0, 0.1) is 0 Å². The molecule has 0 aliphatic carbocycles. The van der Waals surface area contributed by atoms with Crippen molar-refractivity contribution in [2.75, 3.05) is 19.5 Å². The molecule has 0 spiro atoms. The maximum atomic E-state index is 12.5. The minimum atomic E-state index is -0.697. The van der Waals surface area contributed by atoms with E-state index >= 15 is 0 Å². The zero-order chi connectivity index (χ0) is 23.5. The van der Waals surface area contributed by atoms with Crippen molar-refractivity contribution in [3.8, 4) is 0 Å². The molecule has 0 fully saturated rings. The highest BCUT2D eigenvalue weighted by Gasteiger charge is 2.25.